The van der Waals surface area contributed by atoms with Gasteiger partial charge in [-0.15, -0.1) is 0 Å². The van der Waals surface area contributed by atoms with Crippen LogP contribution in [0.1, 0.15) is 20.1 Å². The number of rotatable bonds is 7. The van der Waals surface area contributed by atoms with Gasteiger partial charge in [0.05, 0.1) is 18.9 Å². The molecule has 8 nitrogen and oxygen atoms in total. The predicted octanol–water partition coefficient (Wildman–Crippen LogP) is 1.07. The standard InChI is InChI=1S/C17H22N4O4/c1-17(2,24)16(25-12(8-22)9-23)21-6-4-13-14(11-3-5-18-7-11)19-10-20-15(13)21/h3-7,10,12,16,18,22-24H,8-9H2,1-2H3/t16-/m1/s1. The van der Waals surface area contributed by atoms with Crippen molar-refractivity contribution in [1.82, 2.24) is 19.5 Å². The molecule has 3 rings (SSSR count). The Hall–Kier alpha value is -2.26. The number of aromatic amines is 1. The van der Waals surface area contributed by atoms with E-state index in [1.165, 1.54) is 6.33 Å². The van der Waals surface area contributed by atoms with Crippen molar-refractivity contribution in [2.45, 2.75) is 31.8 Å². The summed E-state index contributed by atoms with van der Waals surface area (Å²) < 4.78 is 7.43. The molecular formula is C17H22N4O4. The number of nitrogens with one attached hydrogen (secondary N) is 1. The number of fused-ring (bicyclic) bond motifs is 1. The Morgan fingerprint density at radius 2 is 2.00 bits per heavy atom. The molecule has 4 N–H and O–H groups in total. The van der Waals surface area contributed by atoms with E-state index in [1.54, 1.807) is 24.6 Å². The highest BCUT2D eigenvalue weighted by molar-refractivity contribution is 5.90. The van der Waals surface area contributed by atoms with E-state index in [2.05, 4.69) is 15.0 Å². The highest BCUT2D eigenvalue weighted by atomic mass is 16.5. The Labute approximate surface area is 144 Å². The lowest BCUT2D eigenvalue weighted by atomic mass is 10.1. The van der Waals surface area contributed by atoms with Crippen LogP contribution >= 0.6 is 0 Å². The molecule has 25 heavy (non-hydrogen) atoms. The van der Waals surface area contributed by atoms with Crippen molar-refractivity contribution in [3.63, 3.8) is 0 Å². The Balaban J connectivity index is 2.08. The third-order valence-electron chi connectivity index (χ3n) is 3.97. The lowest BCUT2D eigenvalue weighted by molar-refractivity contribution is -0.171. The minimum atomic E-state index is -1.27. The summed E-state index contributed by atoms with van der Waals surface area (Å²) in [5.41, 5.74) is 1.01. The smallest absolute Gasteiger partial charge is 0.164 e. The van der Waals surface area contributed by atoms with Gasteiger partial charge in [0.2, 0.25) is 0 Å². The van der Waals surface area contributed by atoms with Gasteiger partial charge in [-0.25, -0.2) is 9.97 Å². The molecule has 3 heterocycles. The zero-order valence-electron chi connectivity index (χ0n) is 14.1. The van der Waals surface area contributed by atoms with Crippen molar-refractivity contribution in [3.05, 3.63) is 37.1 Å². The van der Waals surface area contributed by atoms with E-state index in [0.29, 0.717) is 5.65 Å². The highest BCUT2D eigenvalue weighted by Crippen LogP contribution is 2.32. The van der Waals surface area contributed by atoms with Crippen molar-refractivity contribution in [2.24, 2.45) is 0 Å². The van der Waals surface area contributed by atoms with Crippen LogP contribution in [-0.4, -0.2) is 59.8 Å². The van der Waals surface area contributed by atoms with Crippen LogP contribution in [0.2, 0.25) is 0 Å². The lowest BCUT2D eigenvalue weighted by Gasteiger charge is -2.33. The summed E-state index contributed by atoms with van der Waals surface area (Å²) in [6.45, 7) is 2.49. The van der Waals surface area contributed by atoms with Crippen LogP contribution in [0.5, 0.6) is 0 Å². The zero-order chi connectivity index (χ0) is 18.0. The van der Waals surface area contributed by atoms with Gasteiger partial charge < -0.3 is 29.6 Å². The molecule has 0 unspecified atom stereocenters. The summed E-state index contributed by atoms with van der Waals surface area (Å²) >= 11 is 0. The minimum absolute atomic E-state index is 0.355. The Morgan fingerprint density at radius 3 is 2.60 bits per heavy atom. The van der Waals surface area contributed by atoms with Crippen molar-refractivity contribution in [2.75, 3.05) is 13.2 Å². The van der Waals surface area contributed by atoms with Gasteiger partial charge in [-0.2, -0.15) is 0 Å². The molecular weight excluding hydrogens is 324 g/mol. The van der Waals surface area contributed by atoms with Crippen molar-refractivity contribution in [3.8, 4) is 11.3 Å². The molecule has 0 fully saturated rings. The maximum atomic E-state index is 10.5. The van der Waals surface area contributed by atoms with Gasteiger partial charge in [0.1, 0.15) is 23.7 Å². The average Bonchev–Trinajstić information content (AvgIpc) is 3.24. The summed E-state index contributed by atoms with van der Waals surface area (Å²) in [7, 11) is 0. The quantitative estimate of drug-likeness (QED) is 0.508. The Bertz CT molecular complexity index is 819. The van der Waals surface area contributed by atoms with E-state index in [-0.39, 0.29) is 13.2 Å². The van der Waals surface area contributed by atoms with Crippen LogP contribution in [0.25, 0.3) is 22.3 Å². The molecule has 1 atom stereocenters. The molecule has 0 saturated heterocycles. The SMILES string of the molecule is CC(C)(O)[C@@H](OC(CO)CO)n1ccc2c(-c3cc[nH]c3)ncnc21. The summed E-state index contributed by atoms with van der Waals surface area (Å²) in [6, 6.07) is 3.77. The van der Waals surface area contributed by atoms with Crippen molar-refractivity contribution >= 4 is 11.0 Å². The number of aromatic nitrogens is 4. The van der Waals surface area contributed by atoms with E-state index in [9.17, 15) is 15.3 Å². The number of aliphatic hydroxyl groups is 3. The summed E-state index contributed by atoms with van der Waals surface area (Å²) in [6.07, 6.45) is 5.22. The molecule has 0 bridgehead atoms. The Morgan fingerprint density at radius 1 is 1.24 bits per heavy atom. The van der Waals surface area contributed by atoms with Crippen LogP contribution in [-0.2, 0) is 4.74 Å². The second-order valence-electron chi connectivity index (χ2n) is 6.41. The van der Waals surface area contributed by atoms with Gasteiger partial charge in [0.15, 0.2) is 6.23 Å². The molecule has 0 radical (unpaired) electrons. The van der Waals surface area contributed by atoms with Gasteiger partial charge in [0, 0.05) is 29.5 Å². The van der Waals surface area contributed by atoms with Crippen molar-refractivity contribution in [1.29, 1.82) is 0 Å². The molecule has 0 spiro atoms. The van der Waals surface area contributed by atoms with E-state index in [4.69, 9.17) is 4.74 Å². The molecule has 0 aromatic carbocycles. The van der Waals surface area contributed by atoms with E-state index in [0.717, 1.165) is 16.6 Å². The second kappa shape index (κ2) is 6.93. The third kappa shape index (κ3) is 3.42. The first-order valence-corrected chi connectivity index (χ1v) is 8.00. The van der Waals surface area contributed by atoms with Crippen LogP contribution in [0.15, 0.2) is 37.1 Å². The van der Waals surface area contributed by atoms with Crippen LogP contribution in [0, 0.1) is 0 Å². The number of H-pyrrole nitrogens is 1. The van der Waals surface area contributed by atoms with Crippen molar-refractivity contribution < 1.29 is 20.1 Å². The normalized spacial score (nSPS) is 13.7. The monoisotopic (exact) mass is 346 g/mol. The van der Waals surface area contributed by atoms with Crippen LogP contribution in [0.3, 0.4) is 0 Å². The fourth-order valence-corrected chi connectivity index (χ4v) is 2.76. The molecule has 0 amide bonds. The summed E-state index contributed by atoms with van der Waals surface area (Å²) in [4.78, 5) is 11.7. The third-order valence-corrected chi connectivity index (χ3v) is 3.97. The van der Waals surface area contributed by atoms with Gasteiger partial charge in [-0.05, 0) is 26.0 Å². The molecule has 134 valence electrons. The van der Waals surface area contributed by atoms with Crippen LogP contribution in [0.4, 0.5) is 0 Å². The molecule has 0 aliphatic carbocycles. The van der Waals surface area contributed by atoms with Crippen LogP contribution < -0.4 is 0 Å². The summed E-state index contributed by atoms with van der Waals surface area (Å²) in [5, 5.41) is 30.0. The first-order valence-electron chi connectivity index (χ1n) is 8.00. The lowest BCUT2D eigenvalue weighted by Crippen LogP contribution is -2.39. The fourth-order valence-electron chi connectivity index (χ4n) is 2.76. The molecule has 0 saturated carbocycles. The topological polar surface area (TPSA) is 116 Å². The number of hydrogen-bond acceptors (Lipinski definition) is 6. The first-order chi connectivity index (χ1) is 12.0. The fraction of sp³-hybridized carbons (Fsp3) is 0.412. The van der Waals surface area contributed by atoms with Gasteiger partial charge in [-0.1, -0.05) is 0 Å². The predicted molar refractivity (Wildman–Crippen MR) is 91.7 cm³/mol. The highest BCUT2D eigenvalue weighted by Gasteiger charge is 2.33. The molecule has 0 aliphatic rings. The van der Waals surface area contributed by atoms with Gasteiger partial charge in [0.25, 0.3) is 0 Å². The van der Waals surface area contributed by atoms with E-state index in [1.807, 2.05) is 24.5 Å². The molecule has 3 aromatic rings. The van der Waals surface area contributed by atoms with Gasteiger partial charge >= 0.3 is 0 Å². The molecule has 3 aromatic heterocycles. The van der Waals surface area contributed by atoms with E-state index < -0.39 is 17.9 Å². The maximum absolute atomic E-state index is 10.5. The zero-order valence-corrected chi connectivity index (χ0v) is 14.1. The summed E-state index contributed by atoms with van der Waals surface area (Å²) in [5.74, 6) is 0. The molecule has 0 aliphatic heterocycles. The number of nitrogens with zero attached hydrogens (tertiary/aromatic N) is 3. The Kier molecular flexibility index (Phi) is 4.87. The van der Waals surface area contributed by atoms with Gasteiger partial charge in [-0.3, -0.25) is 0 Å². The van der Waals surface area contributed by atoms with E-state index >= 15 is 0 Å². The first kappa shape index (κ1) is 17.6. The minimum Gasteiger partial charge on any atom is -0.394 e. The average molecular weight is 346 g/mol. The number of aliphatic hydroxyl groups excluding tert-OH is 2. The second-order valence-corrected chi connectivity index (χ2v) is 6.41. The number of hydrogen-bond donors (Lipinski definition) is 4. The largest absolute Gasteiger partial charge is 0.394 e. The molecule has 8 heteroatoms. The maximum Gasteiger partial charge on any atom is 0.164 e. The number of ether oxygens (including phenoxy) is 1.